The molecular formula is C49H84O6. The van der Waals surface area contributed by atoms with Crippen LogP contribution >= 0.6 is 0 Å². The van der Waals surface area contributed by atoms with Crippen LogP contribution < -0.4 is 0 Å². The monoisotopic (exact) mass is 769 g/mol. The molecule has 0 amide bonds. The van der Waals surface area contributed by atoms with Crippen molar-refractivity contribution < 1.29 is 28.6 Å². The minimum atomic E-state index is -0.835. The summed E-state index contributed by atoms with van der Waals surface area (Å²) in [6.07, 6.45) is 52.5. The van der Waals surface area contributed by atoms with Crippen LogP contribution in [0.15, 0.2) is 60.8 Å². The van der Waals surface area contributed by atoms with Gasteiger partial charge in [-0.25, -0.2) is 0 Å². The second kappa shape index (κ2) is 43.8. The summed E-state index contributed by atoms with van der Waals surface area (Å²) in [4.78, 5) is 37.6. The van der Waals surface area contributed by atoms with E-state index < -0.39 is 18.0 Å². The summed E-state index contributed by atoms with van der Waals surface area (Å²) in [5.41, 5.74) is 0. The van der Waals surface area contributed by atoms with Crippen molar-refractivity contribution in [3.05, 3.63) is 60.8 Å². The van der Waals surface area contributed by atoms with Crippen LogP contribution in [0, 0.1) is 0 Å². The summed E-state index contributed by atoms with van der Waals surface area (Å²) in [5.74, 6) is -1.12. The number of carbonyl (C=O) groups is 3. The lowest BCUT2D eigenvalue weighted by Gasteiger charge is -2.18. The minimum Gasteiger partial charge on any atom is -0.462 e. The maximum atomic E-state index is 12.7. The molecule has 0 spiro atoms. The quantitative estimate of drug-likeness (QED) is 0.0267. The van der Waals surface area contributed by atoms with Gasteiger partial charge in [0.25, 0.3) is 0 Å². The highest BCUT2D eigenvalue weighted by Crippen LogP contribution is 2.14. The SMILES string of the molecule is CC/C=C\C/C=C\C/C=C\CC(=O)OCC(COC(=O)CCCCCCCCCCCCCCCCC)OC(=O)CC/C=C\C/C=C\CCCCCCCC. The Morgan fingerprint density at radius 3 is 1.35 bits per heavy atom. The fourth-order valence-corrected chi connectivity index (χ4v) is 6.14. The lowest BCUT2D eigenvalue weighted by molar-refractivity contribution is -0.166. The average molecular weight is 769 g/mol. The first kappa shape index (κ1) is 52.1. The molecule has 0 bridgehead atoms. The van der Waals surface area contributed by atoms with Crippen molar-refractivity contribution in [2.24, 2.45) is 0 Å². The van der Waals surface area contributed by atoms with Crippen molar-refractivity contribution in [2.75, 3.05) is 13.2 Å². The predicted molar refractivity (Wildman–Crippen MR) is 233 cm³/mol. The molecule has 0 saturated carbocycles. The highest BCUT2D eigenvalue weighted by molar-refractivity contribution is 5.72. The molecule has 55 heavy (non-hydrogen) atoms. The van der Waals surface area contributed by atoms with Gasteiger partial charge in [0.15, 0.2) is 6.10 Å². The molecule has 0 aliphatic heterocycles. The fourth-order valence-electron chi connectivity index (χ4n) is 6.14. The topological polar surface area (TPSA) is 78.9 Å². The molecule has 0 saturated heterocycles. The van der Waals surface area contributed by atoms with Crippen molar-refractivity contribution in [1.29, 1.82) is 0 Å². The molecule has 0 aromatic rings. The largest absolute Gasteiger partial charge is 0.462 e. The Hall–Kier alpha value is -2.89. The number of carbonyl (C=O) groups excluding carboxylic acids is 3. The summed E-state index contributed by atoms with van der Waals surface area (Å²) in [5, 5.41) is 0. The van der Waals surface area contributed by atoms with Crippen molar-refractivity contribution in [3.8, 4) is 0 Å². The Labute approximate surface area is 339 Å². The zero-order chi connectivity index (χ0) is 40.1. The predicted octanol–water partition coefficient (Wildman–Crippen LogP) is 14.5. The first-order valence-corrected chi connectivity index (χ1v) is 22.8. The van der Waals surface area contributed by atoms with Gasteiger partial charge in [0, 0.05) is 12.8 Å². The Morgan fingerprint density at radius 1 is 0.400 bits per heavy atom. The van der Waals surface area contributed by atoms with E-state index in [1.54, 1.807) is 6.08 Å². The number of allylic oxidation sites excluding steroid dienone is 9. The number of unbranched alkanes of at least 4 members (excludes halogenated alkanes) is 20. The van der Waals surface area contributed by atoms with Gasteiger partial charge in [-0.1, -0.05) is 204 Å². The van der Waals surface area contributed by atoms with Crippen molar-refractivity contribution in [3.63, 3.8) is 0 Å². The summed E-state index contributed by atoms with van der Waals surface area (Å²) >= 11 is 0. The van der Waals surface area contributed by atoms with Crippen LogP contribution in [-0.2, 0) is 28.6 Å². The maximum absolute atomic E-state index is 12.7. The van der Waals surface area contributed by atoms with Crippen LogP contribution in [0.25, 0.3) is 0 Å². The van der Waals surface area contributed by atoms with Gasteiger partial charge in [0.05, 0.1) is 6.42 Å². The van der Waals surface area contributed by atoms with E-state index in [4.69, 9.17) is 14.2 Å². The van der Waals surface area contributed by atoms with Crippen LogP contribution in [-0.4, -0.2) is 37.2 Å². The maximum Gasteiger partial charge on any atom is 0.309 e. The third kappa shape index (κ3) is 42.1. The summed E-state index contributed by atoms with van der Waals surface area (Å²) in [6.45, 7) is 6.35. The Kier molecular flexibility index (Phi) is 41.5. The van der Waals surface area contributed by atoms with Crippen molar-refractivity contribution >= 4 is 17.9 Å². The van der Waals surface area contributed by atoms with E-state index >= 15 is 0 Å². The molecule has 0 aliphatic carbocycles. The van der Waals surface area contributed by atoms with Gasteiger partial charge in [0.2, 0.25) is 0 Å². The van der Waals surface area contributed by atoms with Gasteiger partial charge >= 0.3 is 17.9 Å². The number of esters is 3. The molecule has 0 aliphatic rings. The standard InChI is InChI=1S/C49H84O6/c1-4-7-10-13-16-19-21-23-24-26-27-30-33-36-39-42-48(51)54-45-46(44-53-47(50)41-38-35-32-29-18-15-12-9-6-3)55-49(52)43-40-37-34-31-28-25-22-20-17-14-11-8-5-2/h9,12,18,25,28-29,34-35,37-38,46H,4-8,10-11,13-17,19-24,26-27,30-33,36,39-45H2,1-3H3/b12-9-,28-25-,29-18-,37-34-,38-35-. The highest BCUT2D eigenvalue weighted by Gasteiger charge is 2.19. The third-order valence-electron chi connectivity index (χ3n) is 9.55. The van der Waals surface area contributed by atoms with Gasteiger partial charge in [-0.05, 0) is 51.4 Å². The molecule has 1 unspecified atom stereocenters. The van der Waals surface area contributed by atoms with Crippen LogP contribution in [0.3, 0.4) is 0 Å². The zero-order valence-corrected chi connectivity index (χ0v) is 35.9. The molecule has 0 heterocycles. The lowest BCUT2D eigenvalue weighted by Crippen LogP contribution is -2.30. The average Bonchev–Trinajstić information content (AvgIpc) is 3.18. The Morgan fingerprint density at radius 2 is 0.818 bits per heavy atom. The van der Waals surface area contributed by atoms with E-state index in [0.29, 0.717) is 12.8 Å². The second-order valence-electron chi connectivity index (χ2n) is 14.9. The summed E-state index contributed by atoms with van der Waals surface area (Å²) in [7, 11) is 0. The molecular weight excluding hydrogens is 685 g/mol. The summed E-state index contributed by atoms with van der Waals surface area (Å²) in [6, 6.07) is 0. The van der Waals surface area contributed by atoms with Gasteiger partial charge < -0.3 is 14.2 Å². The molecule has 1 atom stereocenters. The molecule has 6 heteroatoms. The number of ether oxygens (including phenoxy) is 3. The van der Waals surface area contributed by atoms with Crippen molar-refractivity contribution in [2.45, 2.75) is 219 Å². The molecule has 0 aromatic carbocycles. The van der Waals surface area contributed by atoms with Gasteiger partial charge in [-0.15, -0.1) is 0 Å². The van der Waals surface area contributed by atoms with Crippen molar-refractivity contribution in [1.82, 2.24) is 0 Å². The third-order valence-corrected chi connectivity index (χ3v) is 9.55. The molecule has 0 radical (unpaired) electrons. The van der Waals surface area contributed by atoms with E-state index in [0.717, 1.165) is 51.4 Å². The molecule has 0 fully saturated rings. The minimum absolute atomic E-state index is 0.122. The lowest BCUT2D eigenvalue weighted by atomic mass is 10.0. The molecule has 0 rings (SSSR count). The highest BCUT2D eigenvalue weighted by atomic mass is 16.6. The van der Waals surface area contributed by atoms with Crippen LogP contribution in [0.2, 0.25) is 0 Å². The normalized spacial score (nSPS) is 12.6. The summed E-state index contributed by atoms with van der Waals surface area (Å²) < 4.78 is 16.5. The smallest absolute Gasteiger partial charge is 0.309 e. The van der Waals surface area contributed by atoms with E-state index in [1.807, 2.05) is 12.2 Å². The first-order chi connectivity index (χ1) is 27.0. The number of hydrogen-bond acceptors (Lipinski definition) is 6. The molecule has 6 nitrogen and oxygen atoms in total. The van der Waals surface area contributed by atoms with Gasteiger partial charge in [0.1, 0.15) is 13.2 Å². The first-order valence-electron chi connectivity index (χ1n) is 22.8. The number of hydrogen-bond donors (Lipinski definition) is 0. The van der Waals surface area contributed by atoms with E-state index in [1.165, 1.54) is 116 Å². The Bertz CT molecular complexity index is 1020. The van der Waals surface area contributed by atoms with Gasteiger partial charge in [-0.3, -0.25) is 14.4 Å². The second-order valence-corrected chi connectivity index (χ2v) is 14.9. The van der Waals surface area contributed by atoms with E-state index in [2.05, 4.69) is 63.3 Å². The van der Waals surface area contributed by atoms with Gasteiger partial charge in [-0.2, -0.15) is 0 Å². The van der Waals surface area contributed by atoms with Crippen LogP contribution in [0.5, 0.6) is 0 Å². The fraction of sp³-hybridized carbons (Fsp3) is 0.735. The number of rotatable bonds is 40. The zero-order valence-electron chi connectivity index (χ0n) is 35.9. The molecule has 0 aromatic heterocycles. The Balaban J connectivity index is 4.46. The molecule has 316 valence electrons. The van der Waals surface area contributed by atoms with Crippen LogP contribution in [0.1, 0.15) is 213 Å². The molecule has 0 N–H and O–H groups in total. The van der Waals surface area contributed by atoms with E-state index in [9.17, 15) is 14.4 Å². The van der Waals surface area contributed by atoms with Crippen LogP contribution in [0.4, 0.5) is 0 Å². The van der Waals surface area contributed by atoms with E-state index in [-0.39, 0.29) is 32.0 Å².